The molecule has 0 radical (unpaired) electrons. The summed E-state index contributed by atoms with van der Waals surface area (Å²) in [5, 5.41) is 4.37. The lowest BCUT2D eigenvalue weighted by Gasteiger charge is -2.08. The number of benzene rings is 1. The summed E-state index contributed by atoms with van der Waals surface area (Å²) in [5.74, 6) is 1.39. The van der Waals surface area contributed by atoms with E-state index in [0.717, 1.165) is 16.8 Å². The highest BCUT2D eigenvalue weighted by atomic mass is 16.5. The number of hydrogen-bond acceptors (Lipinski definition) is 4. The molecule has 5 heteroatoms. The second-order valence-electron chi connectivity index (χ2n) is 4.56. The lowest BCUT2D eigenvalue weighted by Crippen LogP contribution is -2.02. The summed E-state index contributed by atoms with van der Waals surface area (Å²) in [6.45, 7) is 2.53. The van der Waals surface area contributed by atoms with Crippen LogP contribution in [0.15, 0.2) is 55.0 Å². The van der Waals surface area contributed by atoms with E-state index in [1.165, 1.54) is 0 Å². The number of nitrogens with zero attached hydrogens (tertiary/aromatic N) is 3. The predicted molar refractivity (Wildman–Crippen MR) is 82.4 cm³/mol. The molecular formula is C16H16N4O. The second kappa shape index (κ2) is 5.66. The van der Waals surface area contributed by atoms with E-state index >= 15 is 0 Å². The number of pyridine rings is 1. The summed E-state index contributed by atoms with van der Waals surface area (Å²) in [7, 11) is 0. The number of aromatic nitrogens is 3. The molecule has 0 amide bonds. The first-order valence-corrected chi connectivity index (χ1v) is 6.76. The maximum atomic E-state index is 5.82. The molecule has 0 aliphatic rings. The first kappa shape index (κ1) is 13.2. The van der Waals surface area contributed by atoms with Crippen LogP contribution in [0.4, 0.5) is 5.69 Å². The lowest BCUT2D eigenvalue weighted by atomic mass is 10.1. The van der Waals surface area contributed by atoms with Crippen LogP contribution >= 0.6 is 0 Å². The molecule has 0 bridgehead atoms. The fourth-order valence-corrected chi connectivity index (χ4v) is 2.13. The lowest BCUT2D eigenvalue weighted by molar-refractivity contribution is 0.336. The molecule has 2 aromatic heterocycles. The van der Waals surface area contributed by atoms with Crippen molar-refractivity contribution in [1.82, 2.24) is 14.8 Å². The van der Waals surface area contributed by atoms with Gasteiger partial charge >= 0.3 is 0 Å². The summed E-state index contributed by atoms with van der Waals surface area (Å²) >= 11 is 0. The van der Waals surface area contributed by atoms with Gasteiger partial charge in [0.25, 0.3) is 0 Å². The Hall–Kier alpha value is -2.82. The van der Waals surface area contributed by atoms with E-state index in [1.807, 2.05) is 49.5 Å². The minimum absolute atomic E-state index is 0.585. The highest BCUT2D eigenvalue weighted by molar-refractivity contribution is 5.66. The van der Waals surface area contributed by atoms with E-state index in [1.54, 1.807) is 17.1 Å². The minimum Gasteiger partial charge on any atom is -0.490 e. The Balaban J connectivity index is 1.99. The Morgan fingerprint density at radius 1 is 1.19 bits per heavy atom. The Kier molecular flexibility index (Phi) is 3.55. The van der Waals surface area contributed by atoms with Gasteiger partial charge in [0.1, 0.15) is 0 Å². The zero-order valence-corrected chi connectivity index (χ0v) is 11.7. The molecule has 1 aromatic carbocycles. The first-order chi connectivity index (χ1) is 10.3. The van der Waals surface area contributed by atoms with Gasteiger partial charge in [-0.1, -0.05) is 12.1 Å². The molecule has 0 fully saturated rings. The van der Waals surface area contributed by atoms with Crippen LogP contribution in [0.1, 0.15) is 6.92 Å². The third-order valence-electron chi connectivity index (χ3n) is 3.07. The Morgan fingerprint density at radius 2 is 2.10 bits per heavy atom. The van der Waals surface area contributed by atoms with Gasteiger partial charge < -0.3 is 10.5 Å². The molecule has 5 nitrogen and oxygen atoms in total. The molecule has 2 N–H and O–H groups in total. The fraction of sp³-hybridized carbons (Fsp3) is 0.125. The molecular weight excluding hydrogens is 264 g/mol. The fourth-order valence-electron chi connectivity index (χ4n) is 2.13. The molecule has 0 saturated heterocycles. The van der Waals surface area contributed by atoms with E-state index in [0.29, 0.717) is 18.2 Å². The quantitative estimate of drug-likeness (QED) is 0.746. The van der Waals surface area contributed by atoms with Crippen LogP contribution in [0.3, 0.4) is 0 Å². The van der Waals surface area contributed by atoms with Gasteiger partial charge in [-0.05, 0) is 36.8 Å². The number of nitrogens with two attached hydrogens (primary N) is 1. The van der Waals surface area contributed by atoms with Gasteiger partial charge in [0, 0.05) is 23.6 Å². The smallest absolute Gasteiger partial charge is 0.196 e. The highest BCUT2D eigenvalue weighted by Crippen LogP contribution is 2.24. The van der Waals surface area contributed by atoms with Crippen LogP contribution in [0, 0.1) is 0 Å². The van der Waals surface area contributed by atoms with Gasteiger partial charge in [-0.3, -0.25) is 0 Å². The van der Waals surface area contributed by atoms with Crippen molar-refractivity contribution < 1.29 is 4.74 Å². The third-order valence-corrected chi connectivity index (χ3v) is 3.07. The van der Waals surface area contributed by atoms with Crippen molar-refractivity contribution in [2.45, 2.75) is 6.92 Å². The Bertz CT molecular complexity index is 751. The standard InChI is InChI=1S/C16H16N4O/c1-2-21-15-7-4-8-18-16(15)20-11-13(10-19-20)12-5-3-6-14(17)9-12/h3-11H,2,17H2,1H3. The second-order valence-corrected chi connectivity index (χ2v) is 4.56. The molecule has 2 heterocycles. The van der Waals surface area contributed by atoms with Crippen LogP contribution < -0.4 is 10.5 Å². The van der Waals surface area contributed by atoms with Crippen LogP contribution in [-0.2, 0) is 0 Å². The maximum Gasteiger partial charge on any atom is 0.196 e. The van der Waals surface area contributed by atoms with Gasteiger partial charge in [0.05, 0.1) is 12.8 Å². The number of hydrogen-bond donors (Lipinski definition) is 1. The normalized spacial score (nSPS) is 10.5. The molecule has 3 aromatic rings. The van der Waals surface area contributed by atoms with Crippen molar-refractivity contribution in [2.24, 2.45) is 0 Å². The zero-order chi connectivity index (χ0) is 14.7. The van der Waals surface area contributed by atoms with Crippen LogP contribution in [0.5, 0.6) is 5.75 Å². The molecule has 3 rings (SSSR count). The van der Waals surface area contributed by atoms with Crippen molar-refractivity contribution in [2.75, 3.05) is 12.3 Å². The van der Waals surface area contributed by atoms with Gasteiger partial charge in [-0.2, -0.15) is 5.10 Å². The summed E-state index contributed by atoms with van der Waals surface area (Å²) < 4.78 is 7.29. The maximum absolute atomic E-state index is 5.82. The van der Waals surface area contributed by atoms with E-state index in [9.17, 15) is 0 Å². The average Bonchev–Trinajstić information content (AvgIpc) is 2.98. The largest absolute Gasteiger partial charge is 0.490 e. The summed E-state index contributed by atoms with van der Waals surface area (Å²) in [6, 6.07) is 11.4. The van der Waals surface area contributed by atoms with Crippen LogP contribution in [-0.4, -0.2) is 21.4 Å². The van der Waals surface area contributed by atoms with E-state index < -0.39 is 0 Å². The molecule has 0 aliphatic heterocycles. The number of ether oxygens (including phenoxy) is 1. The van der Waals surface area contributed by atoms with Crippen molar-refractivity contribution in [1.29, 1.82) is 0 Å². The van der Waals surface area contributed by atoms with E-state index in [4.69, 9.17) is 10.5 Å². The molecule has 0 saturated carbocycles. The third kappa shape index (κ3) is 2.72. The zero-order valence-electron chi connectivity index (χ0n) is 11.7. The molecule has 106 valence electrons. The summed E-state index contributed by atoms with van der Waals surface area (Å²) in [6.07, 6.45) is 5.43. The highest BCUT2D eigenvalue weighted by Gasteiger charge is 2.09. The molecule has 0 spiro atoms. The van der Waals surface area contributed by atoms with E-state index in [2.05, 4.69) is 10.1 Å². The van der Waals surface area contributed by atoms with Crippen LogP contribution in [0.2, 0.25) is 0 Å². The molecule has 0 aliphatic carbocycles. The molecule has 21 heavy (non-hydrogen) atoms. The SMILES string of the molecule is CCOc1cccnc1-n1cc(-c2cccc(N)c2)cn1. The number of anilines is 1. The predicted octanol–water partition coefficient (Wildman–Crippen LogP) is 2.92. The molecule has 0 unspecified atom stereocenters. The summed E-state index contributed by atoms with van der Waals surface area (Å²) in [4.78, 5) is 4.34. The van der Waals surface area contributed by atoms with E-state index in [-0.39, 0.29) is 0 Å². The van der Waals surface area contributed by atoms with Gasteiger partial charge in [0.15, 0.2) is 11.6 Å². The Morgan fingerprint density at radius 3 is 2.90 bits per heavy atom. The monoisotopic (exact) mass is 280 g/mol. The minimum atomic E-state index is 0.585. The van der Waals surface area contributed by atoms with Crippen molar-refractivity contribution in [3.05, 3.63) is 55.0 Å². The van der Waals surface area contributed by atoms with Crippen molar-refractivity contribution in [3.63, 3.8) is 0 Å². The van der Waals surface area contributed by atoms with Gasteiger partial charge in [-0.25, -0.2) is 9.67 Å². The Labute approximate surface area is 123 Å². The van der Waals surface area contributed by atoms with Crippen LogP contribution in [0.25, 0.3) is 16.9 Å². The average molecular weight is 280 g/mol. The van der Waals surface area contributed by atoms with Gasteiger partial charge in [0.2, 0.25) is 0 Å². The number of rotatable bonds is 4. The first-order valence-electron chi connectivity index (χ1n) is 6.76. The summed E-state index contributed by atoms with van der Waals surface area (Å²) in [5.41, 5.74) is 8.55. The van der Waals surface area contributed by atoms with Gasteiger partial charge in [-0.15, -0.1) is 0 Å². The topological polar surface area (TPSA) is 66.0 Å². The molecule has 0 atom stereocenters. The van der Waals surface area contributed by atoms with Crippen molar-refractivity contribution in [3.8, 4) is 22.7 Å². The van der Waals surface area contributed by atoms with Crippen molar-refractivity contribution >= 4 is 5.69 Å². The number of nitrogen functional groups attached to an aromatic ring is 1.